The maximum Gasteiger partial charge on any atom is 0.295 e. The third kappa shape index (κ3) is 4.91. The quantitative estimate of drug-likeness (QED) is 0.569. The van der Waals surface area contributed by atoms with E-state index in [9.17, 15) is 13.0 Å². The molecule has 1 aromatic rings. The summed E-state index contributed by atoms with van der Waals surface area (Å²) in [7, 11) is -4.14. The average Bonchev–Trinajstić information content (AvgIpc) is 2.36. The second kappa shape index (κ2) is 7.79. The van der Waals surface area contributed by atoms with Crippen LogP contribution in [0.5, 0.6) is 0 Å². The van der Waals surface area contributed by atoms with Gasteiger partial charge < -0.3 is 0 Å². The van der Waals surface area contributed by atoms with Crippen LogP contribution in [0, 0.1) is 13.8 Å². The molecule has 20 heavy (non-hydrogen) atoms. The molecule has 4 heteroatoms. The molecule has 3 nitrogen and oxygen atoms in total. The van der Waals surface area contributed by atoms with Crippen LogP contribution in [0.1, 0.15) is 62.1 Å². The van der Waals surface area contributed by atoms with Gasteiger partial charge in [-0.05, 0) is 43.4 Å². The molecular formula is C16H26O3S. The minimum Gasteiger partial charge on any atom is -0.282 e. The topological polar surface area (TPSA) is 54.4 Å². The van der Waals surface area contributed by atoms with Crippen LogP contribution in [0.4, 0.5) is 0 Å². The Hall–Kier alpha value is -0.870. The van der Waals surface area contributed by atoms with Gasteiger partial charge in [-0.25, -0.2) is 0 Å². The van der Waals surface area contributed by atoms with Crippen LogP contribution in [-0.2, 0) is 16.5 Å². The first-order chi connectivity index (χ1) is 9.38. The molecule has 0 amide bonds. The first-order valence-electron chi connectivity index (χ1n) is 7.44. The summed E-state index contributed by atoms with van der Waals surface area (Å²) >= 11 is 0. The number of aryl methyl sites for hydroxylation is 2. The summed E-state index contributed by atoms with van der Waals surface area (Å²) in [5, 5.41) is 0. The standard InChI is InChI=1S/C16H26O3S/c1-4-5-6-7-8-9-10-15-12-11-13(2)14(3)16(15)20(17,18)19/h11-12H,4-10H2,1-3H3,(H,17,18,19). The molecule has 114 valence electrons. The molecule has 0 spiro atoms. The Morgan fingerprint density at radius 3 is 2.20 bits per heavy atom. The summed E-state index contributed by atoms with van der Waals surface area (Å²) in [5.41, 5.74) is 2.30. The van der Waals surface area contributed by atoms with Gasteiger partial charge in [0.25, 0.3) is 10.1 Å². The van der Waals surface area contributed by atoms with Crippen LogP contribution in [0.15, 0.2) is 17.0 Å². The van der Waals surface area contributed by atoms with Gasteiger partial charge in [0.2, 0.25) is 0 Å². The molecule has 1 aromatic carbocycles. The van der Waals surface area contributed by atoms with Crippen molar-refractivity contribution in [1.82, 2.24) is 0 Å². The van der Waals surface area contributed by atoms with Crippen LogP contribution in [-0.4, -0.2) is 13.0 Å². The fourth-order valence-electron chi connectivity index (χ4n) is 2.50. The van der Waals surface area contributed by atoms with Crippen molar-refractivity contribution in [3.63, 3.8) is 0 Å². The first kappa shape index (κ1) is 17.2. The van der Waals surface area contributed by atoms with Crippen LogP contribution < -0.4 is 0 Å². The van der Waals surface area contributed by atoms with Gasteiger partial charge in [0.1, 0.15) is 4.90 Å². The Morgan fingerprint density at radius 2 is 1.60 bits per heavy atom. The van der Waals surface area contributed by atoms with E-state index in [-0.39, 0.29) is 4.90 Å². The molecule has 0 aliphatic carbocycles. The van der Waals surface area contributed by atoms with E-state index in [4.69, 9.17) is 0 Å². The molecule has 0 radical (unpaired) electrons. The number of benzene rings is 1. The van der Waals surface area contributed by atoms with Gasteiger partial charge in [-0.1, -0.05) is 51.2 Å². The van der Waals surface area contributed by atoms with E-state index in [0.717, 1.165) is 24.0 Å². The highest BCUT2D eigenvalue weighted by Gasteiger charge is 2.19. The lowest BCUT2D eigenvalue weighted by Gasteiger charge is -2.12. The predicted molar refractivity (Wildman–Crippen MR) is 82.8 cm³/mol. The molecule has 0 aliphatic heterocycles. The van der Waals surface area contributed by atoms with Gasteiger partial charge in [0.05, 0.1) is 0 Å². The summed E-state index contributed by atoms with van der Waals surface area (Å²) in [6, 6.07) is 3.76. The average molecular weight is 298 g/mol. The Bertz CT molecular complexity index is 533. The van der Waals surface area contributed by atoms with E-state index >= 15 is 0 Å². The zero-order valence-electron chi connectivity index (χ0n) is 12.8. The summed E-state index contributed by atoms with van der Waals surface area (Å²) in [5.74, 6) is 0. The van der Waals surface area contributed by atoms with E-state index in [1.807, 2.05) is 19.1 Å². The van der Waals surface area contributed by atoms with Crippen LogP contribution in [0.25, 0.3) is 0 Å². The van der Waals surface area contributed by atoms with Crippen molar-refractivity contribution in [2.45, 2.75) is 70.6 Å². The summed E-state index contributed by atoms with van der Waals surface area (Å²) in [4.78, 5) is 0.117. The van der Waals surface area contributed by atoms with Crippen molar-refractivity contribution in [2.75, 3.05) is 0 Å². The minimum absolute atomic E-state index is 0.117. The molecule has 0 atom stereocenters. The molecule has 1 N–H and O–H groups in total. The van der Waals surface area contributed by atoms with Crippen LogP contribution in [0.3, 0.4) is 0 Å². The number of unbranched alkanes of at least 4 members (excludes halogenated alkanes) is 5. The lowest BCUT2D eigenvalue weighted by molar-refractivity contribution is 0.481. The zero-order chi connectivity index (χ0) is 15.2. The summed E-state index contributed by atoms with van der Waals surface area (Å²) in [6.07, 6.45) is 7.72. The molecular weight excluding hydrogens is 272 g/mol. The highest BCUT2D eigenvalue weighted by molar-refractivity contribution is 7.86. The number of rotatable bonds is 8. The van der Waals surface area contributed by atoms with E-state index in [2.05, 4.69) is 6.92 Å². The number of hydrogen-bond acceptors (Lipinski definition) is 2. The molecule has 0 bridgehead atoms. The predicted octanol–water partition coefficient (Wildman–Crippen LogP) is 4.45. The van der Waals surface area contributed by atoms with E-state index < -0.39 is 10.1 Å². The van der Waals surface area contributed by atoms with Gasteiger partial charge >= 0.3 is 0 Å². The van der Waals surface area contributed by atoms with Crippen molar-refractivity contribution in [3.05, 3.63) is 28.8 Å². The molecule has 0 fully saturated rings. The fourth-order valence-corrected chi connectivity index (χ4v) is 3.55. The number of hydrogen-bond donors (Lipinski definition) is 1. The zero-order valence-corrected chi connectivity index (χ0v) is 13.6. The van der Waals surface area contributed by atoms with Gasteiger partial charge in [-0.2, -0.15) is 8.42 Å². The SMILES string of the molecule is CCCCCCCCc1ccc(C)c(C)c1S(=O)(=O)O. The van der Waals surface area contributed by atoms with Crippen molar-refractivity contribution in [1.29, 1.82) is 0 Å². The smallest absolute Gasteiger partial charge is 0.282 e. The maximum atomic E-state index is 11.6. The minimum atomic E-state index is -4.14. The third-order valence-electron chi connectivity index (χ3n) is 3.82. The largest absolute Gasteiger partial charge is 0.295 e. The highest BCUT2D eigenvalue weighted by Crippen LogP contribution is 2.25. The second-order valence-corrected chi connectivity index (χ2v) is 6.85. The lowest BCUT2D eigenvalue weighted by Crippen LogP contribution is -2.07. The van der Waals surface area contributed by atoms with Crippen molar-refractivity contribution in [3.8, 4) is 0 Å². The van der Waals surface area contributed by atoms with E-state index in [0.29, 0.717) is 12.0 Å². The molecule has 0 saturated heterocycles. The molecule has 0 saturated carbocycles. The monoisotopic (exact) mass is 298 g/mol. The second-order valence-electron chi connectivity index (χ2n) is 5.49. The maximum absolute atomic E-state index is 11.6. The van der Waals surface area contributed by atoms with E-state index in [1.165, 1.54) is 25.7 Å². The Labute approximate surface area is 123 Å². The lowest BCUT2D eigenvalue weighted by atomic mass is 10.0. The van der Waals surface area contributed by atoms with Crippen LogP contribution >= 0.6 is 0 Å². The molecule has 1 rings (SSSR count). The van der Waals surface area contributed by atoms with Crippen LogP contribution in [0.2, 0.25) is 0 Å². The Balaban J connectivity index is 2.73. The normalized spacial score (nSPS) is 11.8. The molecule has 0 unspecified atom stereocenters. The highest BCUT2D eigenvalue weighted by atomic mass is 32.2. The first-order valence-corrected chi connectivity index (χ1v) is 8.88. The van der Waals surface area contributed by atoms with E-state index in [1.54, 1.807) is 6.92 Å². The third-order valence-corrected chi connectivity index (χ3v) is 4.90. The van der Waals surface area contributed by atoms with Crippen molar-refractivity contribution < 1.29 is 13.0 Å². The molecule has 0 aromatic heterocycles. The van der Waals surface area contributed by atoms with Gasteiger partial charge in [-0.3, -0.25) is 4.55 Å². The fraction of sp³-hybridized carbons (Fsp3) is 0.625. The van der Waals surface area contributed by atoms with Gasteiger partial charge in [-0.15, -0.1) is 0 Å². The summed E-state index contributed by atoms with van der Waals surface area (Å²) < 4.78 is 32.5. The molecule has 0 heterocycles. The van der Waals surface area contributed by atoms with Crippen molar-refractivity contribution in [2.24, 2.45) is 0 Å². The molecule has 0 aliphatic rings. The van der Waals surface area contributed by atoms with Gasteiger partial charge in [0.15, 0.2) is 0 Å². The Kier molecular flexibility index (Phi) is 6.69. The van der Waals surface area contributed by atoms with Gasteiger partial charge in [0, 0.05) is 0 Å². The summed E-state index contributed by atoms with van der Waals surface area (Å²) in [6.45, 7) is 5.80. The Morgan fingerprint density at radius 1 is 1.00 bits per heavy atom. The van der Waals surface area contributed by atoms with Crippen molar-refractivity contribution >= 4 is 10.1 Å².